The topological polar surface area (TPSA) is 46.6 Å². The Morgan fingerprint density at radius 3 is 2.53 bits per heavy atom. The molecule has 104 valence electrons. The lowest BCUT2D eigenvalue weighted by Crippen LogP contribution is -2.43. The molecule has 0 radical (unpaired) electrons. The van der Waals surface area contributed by atoms with Crippen molar-refractivity contribution in [1.82, 2.24) is 4.90 Å². The van der Waals surface area contributed by atoms with Crippen molar-refractivity contribution in [3.05, 3.63) is 35.6 Å². The summed E-state index contributed by atoms with van der Waals surface area (Å²) in [4.78, 5) is 25.1. The van der Waals surface area contributed by atoms with Crippen molar-refractivity contribution in [3.63, 3.8) is 0 Å². The lowest BCUT2D eigenvalue weighted by Gasteiger charge is -2.27. The molecule has 0 heterocycles. The third-order valence-electron chi connectivity index (χ3n) is 2.89. The smallest absolute Gasteiger partial charge is 0.320 e. The van der Waals surface area contributed by atoms with Gasteiger partial charge in [0, 0.05) is 13.6 Å². The lowest BCUT2D eigenvalue weighted by molar-refractivity contribution is -0.160. The molecule has 0 unspecified atom stereocenters. The Kier molecular flexibility index (Phi) is 4.64. The molecule has 1 aromatic rings. The summed E-state index contributed by atoms with van der Waals surface area (Å²) in [5.74, 6) is -1.32. The van der Waals surface area contributed by atoms with E-state index >= 15 is 0 Å². The van der Waals surface area contributed by atoms with E-state index in [1.165, 1.54) is 38.0 Å². The zero-order valence-electron chi connectivity index (χ0n) is 11.6. The normalized spacial score (nSPS) is 11.0. The van der Waals surface area contributed by atoms with E-state index in [1.54, 1.807) is 19.2 Å². The highest BCUT2D eigenvalue weighted by molar-refractivity contribution is 6.01. The maximum Gasteiger partial charge on any atom is 0.320 e. The molecule has 1 aromatic carbocycles. The van der Waals surface area contributed by atoms with Crippen LogP contribution in [0.25, 0.3) is 0 Å². The Morgan fingerprint density at radius 2 is 2.00 bits per heavy atom. The van der Waals surface area contributed by atoms with Crippen LogP contribution >= 0.6 is 0 Å². The van der Waals surface area contributed by atoms with Crippen LogP contribution in [0.15, 0.2) is 24.3 Å². The molecular weight excluding hydrogens is 249 g/mol. The molecule has 1 amide bonds. The molecule has 0 bridgehead atoms. The second-order valence-corrected chi connectivity index (χ2v) is 4.91. The molecule has 0 aliphatic rings. The molecule has 0 atom stereocenters. The van der Waals surface area contributed by atoms with Gasteiger partial charge < -0.3 is 9.64 Å². The van der Waals surface area contributed by atoms with Crippen LogP contribution in [0.1, 0.15) is 19.4 Å². The summed E-state index contributed by atoms with van der Waals surface area (Å²) in [6, 6.07) is 5.99. The van der Waals surface area contributed by atoms with Crippen LogP contribution < -0.4 is 0 Å². The minimum atomic E-state index is -1.25. The number of hydrogen-bond donors (Lipinski definition) is 0. The average molecular weight is 267 g/mol. The molecule has 0 aliphatic heterocycles. The molecule has 0 aromatic heterocycles. The highest BCUT2D eigenvalue weighted by Gasteiger charge is 2.39. The predicted octanol–water partition coefficient (Wildman–Crippen LogP) is 1.98. The predicted molar refractivity (Wildman–Crippen MR) is 68.7 cm³/mol. The molecule has 1 rings (SSSR count). The Morgan fingerprint density at radius 1 is 1.37 bits per heavy atom. The summed E-state index contributed by atoms with van der Waals surface area (Å²) >= 11 is 0. The van der Waals surface area contributed by atoms with Gasteiger partial charge in [-0.3, -0.25) is 9.59 Å². The van der Waals surface area contributed by atoms with Gasteiger partial charge in [-0.25, -0.2) is 4.39 Å². The Hall–Kier alpha value is -1.91. The third kappa shape index (κ3) is 3.53. The van der Waals surface area contributed by atoms with E-state index in [2.05, 4.69) is 4.74 Å². The molecule has 19 heavy (non-hydrogen) atoms. The molecular formula is C14H18FNO3. The maximum absolute atomic E-state index is 13.1. The van der Waals surface area contributed by atoms with Gasteiger partial charge in [0.1, 0.15) is 11.2 Å². The van der Waals surface area contributed by atoms with Crippen LogP contribution in [0.5, 0.6) is 0 Å². The highest BCUT2D eigenvalue weighted by Crippen LogP contribution is 2.21. The lowest BCUT2D eigenvalue weighted by atomic mass is 9.91. The number of carbonyl (C=O) groups excluding carboxylic acids is 2. The van der Waals surface area contributed by atoms with E-state index in [-0.39, 0.29) is 18.3 Å². The fourth-order valence-electron chi connectivity index (χ4n) is 1.80. The number of esters is 1. The van der Waals surface area contributed by atoms with Crippen LogP contribution in [-0.4, -0.2) is 30.9 Å². The summed E-state index contributed by atoms with van der Waals surface area (Å²) in [6.45, 7) is 3.24. The number of benzene rings is 1. The van der Waals surface area contributed by atoms with Crippen molar-refractivity contribution in [2.24, 2.45) is 5.41 Å². The number of carbonyl (C=O) groups is 2. The average Bonchev–Trinajstić information content (AvgIpc) is 2.36. The monoisotopic (exact) mass is 267 g/mol. The van der Waals surface area contributed by atoms with E-state index in [9.17, 15) is 14.0 Å². The van der Waals surface area contributed by atoms with Gasteiger partial charge in [-0.15, -0.1) is 0 Å². The van der Waals surface area contributed by atoms with Gasteiger partial charge in [-0.05, 0) is 31.5 Å². The number of ether oxygens (including phenoxy) is 1. The summed E-state index contributed by atoms with van der Waals surface area (Å²) in [6.07, 6.45) is 0. The number of amides is 1. The number of methoxy groups -OCH3 is 1. The second kappa shape index (κ2) is 5.82. The highest BCUT2D eigenvalue weighted by atomic mass is 19.1. The van der Waals surface area contributed by atoms with E-state index in [4.69, 9.17) is 0 Å². The molecule has 0 N–H and O–H groups in total. The molecule has 4 nitrogen and oxygen atoms in total. The van der Waals surface area contributed by atoms with Crippen molar-refractivity contribution >= 4 is 11.9 Å². The first kappa shape index (κ1) is 15.1. The standard InChI is InChI=1S/C14H18FNO3/c1-14(2,13(18)19-4)12(17)16(3)9-10-6-5-7-11(15)8-10/h5-8H,9H2,1-4H3. The number of hydrogen-bond acceptors (Lipinski definition) is 3. The zero-order chi connectivity index (χ0) is 14.6. The van der Waals surface area contributed by atoms with E-state index in [0.717, 1.165) is 0 Å². The van der Waals surface area contributed by atoms with Crippen LogP contribution in [0.4, 0.5) is 4.39 Å². The first-order valence-electron chi connectivity index (χ1n) is 5.87. The van der Waals surface area contributed by atoms with Gasteiger partial charge in [0.2, 0.25) is 5.91 Å². The Labute approximate surface area is 112 Å². The van der Waals surface area contributed by atoms with Crippen molar-refractivity contribution in [3.8, 4) is 0 Å². The number of rotatable bonds is 4. The van der Waals surface area contributed by atoms with Crippen molar-refractivity contribution < 1.29 is 18.7 Å². The second-order valence-electron chi connectivity index (χ2n) is 4.91. The van der Waals surface area contributed by atoms with Crippen LogP contribution in [0, 0.1) is 11.2 Å². The van der Waals surface area contributed by atoms with Gasteiger partial charge >= 0.3 is 5.97 Å². The fourth-order valence-corrected chi connectivity index (χ4v) is 1.80. The molecule has 0 saturated heterocycles. The number of halogens is 1. The summed E-state index contributed by atoms with van der Waals surface area (Å²) in [7, 11) is 2.81. The Balaban J connectivity index is 2.81. The van der Waals surface area contributed by atoms with Gasteiger partial charge in [0.05, 0.1) is 7.11 Å². The van der Waals surface area contributed by atoms with Crippen LogP contribution in [0.2, 0.25) is 0 Å². The van der Waals surface area contributed by atoms with E-state index < -0.39 is 11.4 Å². The summed E-state index contributed by atoms with van der Waals surface area (Å²) < 4.78 is 17.7. The summed E-state index contributed by atoms with van der Waals surface area (Å²) in [5, 5.41) is 0. The Bertz CT molecular complexity index is 485. The number of nitrogens with zero attached hydrogens (tertiary/aromatic N) is 1. The third-order valence-corrected chi connectivity index (χ3v) is 2.89. The first-order chi connectivity index (χ1) is 8.78. The van der Waals surface area contributed by atoms with Crippen molar-refractivity contribution in [1.29, 1.82) is 0 Å². The summed E-state index contributed by atoms with van der Waals surface area (Å²) in [5.41, 5.74) is -0.590. The molecule has 0 fully saturated rings. The van der Waals surface area contributed by atoms with Gasteiger partial charge in [-0.1, -0.05) is 12.1 Å². The largest absolute Gasteiger partial charge is 0.468 e. The molecule has 0 saturated carbocycles. The molecule has 0 aliphatic carbocycles. The molecule has 5 heteroatoms. The van der Waals surface area contributed by atoms with E-state index in [0.29, 0.717) is 5.56 Å². The van der Waals surface area contributed by atoms with Crippen LogP contribution in [-0.2, 0) is 20.9 Å². The van der Waals surface area contributed by atoms with Crippen LogP contribution in [0.3, 0.4) is 0 Å². The first-order valence-corrected chi connectivity index (χ1v) is 5.87. The van der Waals surface area contributed by atoms with Crippen molar-refractivity contribution in [2.45, 2.75) is 20.4 Å². The molecule has 0 spiro atoms. The quantitative estimate of drug-likeness (QED) is 0.619. The maximum atomic E-state index is 13.1. The minimum absolute atomic E-state index is 0.233. The van der Waals surface area contributed by atoms with Gasteiger partial charge in [0.15, 0.2) is 0 Å². The fraction of sp³-hybridized carbons (Fsp3) is 0.429. The SMILES string of the molecule is COC(=O)C(C)(C)C(=O)N(C)Cc1cccc(F)c1. The van der Waals surface area contributed by atoms with Gasteiger partial charge in [0.25, 0.3) is 0 Å². The zero-order valence-corrected chi connectivity index (χ0v) is 11.6. The van der Waals surface area contributed by atoms with E-state index in [1.807, 2.05) is 0 Å². The van der Waals surface area contributed by atoms with Crippen molar-refractivity contribution in [2.75, 3.05) is 14.2 Å². The minimum Gasteiger partial charge on any atom is -0.468 e. The van der Waals surface area contributed by atoms with Gasteiger partial charge in [-0.2, -0.15) is 0 Å².